The fourth-order valence-electron chi connectivity index (χ4n) is 2.55. The third-order valence-corrected chi connectivity index (χ3v) is 3.62. The van der Waals surface area contributed by atoms with Gasteiger partial charge in [0.05, 0.1) is 6.04 Å². The van der Waals surface area contributed by atoms with Gasteiger partial charge in [0.1, 0.15) is 12.1 Å². The summed E-state index contributed by atoms with van der Waals surface area (Å²) in [6.45, 7) is 4.57. The van der Waals surface area contributed by atoms with E-state index >= 15 is 0 Å². The fourth-order valence-corrected chi connectivity index (χ4v) is 2.55. The van der Waals surface area contributed by atoms with Gasteiger partial charge in [0.15, 0.2) is 0 Å². The maximum atomic E-state index is 5.56. The lowest BCUT2D eigenvalue weighted by molar-refractivity contribution is -0.730. The van der Waals surface area contributed by atoms with E-state index in [2.05, 4.69) is 19.2 Å². The molecule has 0 heterocycles. The molecule has 1 aliphatic carbocycles. The van der Waals surface area contributed by atoms with Crippen molar-refractivity contribution in [2.75, 3.05) is 7.11 Å². The van der Waals surface area contributed by atoms with Crippen molar-refractivity contribution >= 4 is 0 Å². The van der Waals surface area contributed by atoms with Crippen molar-refractivity contribution < 1.29 is 10.1 Å². The van der Waals surface area contributed by atoms with Crippen LogP contribution in [0.2, 0.25) is 0 Å². The van der Waals surface area contributed by atoms with Crippen molar-refractivity contribution in [2.45, 2.75) is 70.6 Å². The molecule has 0 aromatic rings. The first-order valence-electron chi connectivity index (χ1n) is 6.19. The van der Waals surface area contributed by atoms with Crippen LogP contribution in [0.1, 0.15) is 52.4 Å². The summed E-state index contributed by atoms with van der Waals surface area (Å²) >= 11 is 0. The second-order valence-corrected chi connectivity index (χ2v) is 4.49. The molecule has 0 saturated heterocycles. The van der Waals surface area contributed by atoms with E-state index in [1.54, 1.807) is 0 Å². The highest BCUT2D eigenvalue weighted by molar-refractivity contribution is 4.74. The molecule has 0 radical (unpaired) electrons. The van der Waals surface area contributed by atoms with Gasteiger partial charge in [-0.1, -0.05) is 20.3 Å². The molecule has 0 unspecified atom stereocenters. The highest BCUT2D eigenvalue weighted by Crippen LogP contribution is 2.18. The average molecular weight is 200 g/mol. The first kappa shape index (κ1) is 12.0. The topological polar surface area (TPSA) is 25.8 Å². The zero-order chi connectivity index (χ0) is 10.4. The summed E-state index contributed by atoms with van der Waals surface area (Å²) in [6, 6.07) is 1.52. The molecule has 2 atom stereocenters. The Balaban J connectivity index is 2.39. The molecule has 0 aliphatic heterocycles. The zero-order valence-corrected chi connectivity index (χ0v) is 9.96. The van der Waals surface area contributed by atoms with E-state index in [-0.39, 0.29) is 0 Å². The predicted molar refractivity (Wildman–Crippen MR) is 59.3 cm³/mol. The largest absolute Gasteiger partial charge is 0.375 e. The smallest absolute Gasteiger partial charge is 0.113 e. The van der Waals surface area contributed by atoms with Crippen LogP contribution in [0.25, 0.3) is 0 Å². The zero-order valence-electron chi connectivity index (χ0n) is 9.96. The molecule has 1 fully saturated rings. The van der Waals surface area contributed by atoms with Gasteiger partial charge in [0.25, 0.3) is 0 Å². The lowest BCUT2D eigenvalue weighted by Crippen LogP contribution is -2.97. The third kappa shape index (κ3) is 3.25. The van der Waals surface area contributed by atoms with Crippen molar-refractivity contribution in [3.05, 3.63) is 0 Å². The van der Waals surface area contributed by atoms with Crippen molar-refractivity contribution in [3.8, 4) is 0 Å². The van der Waals surface area contributed by atoms with Crippen LogP contribution in [0.3, 0.4) is 0 Å². The minimum absolute atomic E-state index is 0.504. The summed E-state index contributed by atoms with van der Waals surface area (Å²) in [5.41, 5.74) is 0. The van der Waals surface area contributed by atoms with Gasteiger partial charge in [0.2, 0.25) is 0 Å². The molecule has 0 aromatic carbocycles. The van der Waals surface area contributed by atoms with Gasteiger partial charge in [-0.05, 0) is 25.7 Å². The highest BCUT2D eigenvalue weighted by Gasteiger charge is 2.29. The molecule has 0 amide bonds. The minimum Gasteiger partial charge on any atom is -0.375 e. The summed E-state index contributed by atoms with van der Waals surface area (Å²) in [5.74, 6) is 0. The highest BCUT2D eigenvalue weighted by atomic mass is 16.5. The van der Waals surface area contributed by atoms with E-state index in [9.17, 15) is 0 Å². The third-order valence-electron chi connectivity index (χ3n) is 3.62. The van der Waals surface area contributed by atoms with Crippen LogP contribution in [0.15, 0.2) is 0 Å². The second-order valence-electron chi connectivity index (χ2n) is 4.49. The predicted octanol–water partition coefficient (Wildman–Crippen LogP) is 1.70. The lowest BCUT2D eigenvalue weighted by Gasteiger charge is -2.30. The number of hydrogen-bond donors (Lipinski definition) is 1. The monoisotopic (exact) mass is 200 g/mol. The first-order chi connectivity index (χ1) is 6.81. The number of nitrogens with two attached hydrogens (primary N) is 1. The SMILES string of the molecule is CCC(CC)[NH2+][C@H]1CCCC[C@H]1OC. The molecule has 1 saturated carbocycles. The summed E-state index contributed by atoms with van der Waals surface area (Å²) in [7, 11) is 1.86. The quantitative estimate of drug-likeness (QED) is 0.718. The summed E-state index contributed by atoms with van der Waals surface area (Å²) in [4.78, 5) is 0. The van der Waals surface area contributed by atoms with Gasteiger partial charge in [-0.25, -0.2) is 0 Å². The number of methoxy groups -OCH3 is 1. The summed E-state index contributed by atoms with van der Waals surface area (Å²) in [6.07, 6.45) is 8.41. The van der Waals surface area contributed by atoms with Crippen LogP contribution < -0.4 is 5.32 Å². The molecule has 2 nitrogen and oxygen atoms in total. The fraction of sp³-hybridized carbons (Fsp3) is 1.00. The van der Waals surface area contributed by atoms with E-state index < -0.39 is 0 Å². The Hall–Kier alpha value is -0.0800. The molecule has 1 rings (SSSR count). The van der Waals surface area contributed by atoms with Crippen LogP contribution in [-0.2, 0) is 4.74 Å². The Labute approximate surface area is 88.4 Å². The molecule has 84 valence electrons. The number of rotatable bonds is 5. The van der Waals surface area contributed by atoms with E-state index in [1.165, 1.54) is 38.5 Å². The summed E-state index contributed by atoms with van der Waals surface area (Å²) in [5, 5.41) is 2.56. The van der Waals surface area contributed by atoms with Gasteiger partial charge in [-0.2, -0.15) is 0 Å². The Morgan fingerprint density at radius 2 is 1.86 bits per heavy atom. The molecule has 0 aromatic heterocycles. The molecule has 2 heteroatoms. The van der Waals surface area contributed by atoms with E-state index in [0.29, 0.717) is 6.10 Å². The molecule has 0 spiro atoms. The van der Waals surface area contributed by atoms with Crippen molar-refractivity contribution in [3.63, 3.8) is 0 Å². The molecular formula is C12H26NO+. The van der Waals surface area contributed by atoms with Crippen molar-refractivity contribution in [1.82, 2.24) is 0 Å². The Morgan fingerprint density at radius 1 is 1.21 bits per heavy atom. The molecular weight excluding hydrogens is 174 g/mol. The first-order valence-corrected chi connectivity index (χ1v) is 6.19. The van der Waals surface area contributed by atoms with Crippen LogP contribution in [-0.4, -0.2) is 25.3 Å². The van der Waals surface area contributed by atoms with Crippen molar-refractivity contribution in [1.29, 1.82) is 0 Å². The summed E-state index contributed by atoms with van der Waals surface area (Å²) < 4.78 is 5.56. The maximum absolute atomic E-state index is 5.56. The van der Waals surface area contributed by atoms with Crippen molar-refractivity contribution in [2.24, 2.45) is 0 Å². The van der Waals surface area contributed by atoms with Crippen LogP contribution >= 0.6 is 0 Å². The average Bonchev–Trinajstić information content (AvgIpc) is 2.26. The maximum Gasteiger partial charge on any atom is 0.113 e. The van der Waals surface area contributed by atoms with Crippen LogP contribution in [0.5, 0.6) is 0 Å². The lowest BCUT2D eigenvalue weighted by atomic mass is 9.91. The number of quaternary nitrogens is 1. The van der Waals surface area contributed by atoms with E-state index in [0.717, 1.165) is 12.1 Å². The Morgan fingerprint density at radius 3 is 2.43 bits per heavy atom. The normalized spacial score (nSPS) is 28.3. The molecule has 1 aliphatic rings. The standard InChI is InChI=1S/C12H25NO/c1-4-10(5-2)13-11-8-6-7-9-12(11)14-3/h10-13H,4-9H2,1-3H3/p+1/t11-,12+/m0/s1. The second kappa shape index (κ2) is 6.41. The number of hydrogen-bond acceptors (Lipinski definition) is 1. The Bertz CT molecular complexity index is 145. The van der Waals surface area contributed by atoms with Gasteiger partial charge in [-0.15, -0.1) is 0 Å². The van der Waals surface area contributed by atoms with Gasteiger partial charge in [-0.3, -0.25) is 0 Å². The number of ether oxygens (including phenoxy) is 1. The van der Waals surface area contributed by atoms with E-state index in [4.69, 9.17) is 4.74 Å². The van der Waals surface area contributed by atoms with Gasteiger partial charge >= 0.3 is 0 Å². The van der Waals surface area contributed by atoms with Crippen LogP contribution in [0, 0.1) is 0 Å². The van der Waals surface area contributed by atoms with E-state index in [1.807, 2.05) is 7.11 Å². The molecule has 2 N–H and O–H groups in total. The minimum atomic E-state index is 0.504. The molecule has 14 heavy (non-hydrogen) atoms. The van der Waals surface area contributed by atoms with Gasteiger partial charge < -0.3 is 10.1 Å². The molecule has 0 bridgehead atoms. The Kier molecular flexibility index (Phi) is 5.49. The van der Waals surface area contributed by atoms with Gasteiger partial charge in [0, 0.05) is 13.5 Å². The van der Waals surface area contributed by atoms with Crippen LogP contribution in [0.4, 0.5) is 0 Å².